The SMILES string of the molecule is CCNc1nc(C)cc(NCC(=O)OC)n1. The maximum absolute atomic E-state index is 10.9. The summed E-state index contributed by atoms with van der Waals surface area (Å²) in [5.74, 6) is 0.824. The Morgan fingerprint density at radius 1 is 1.44 bits per heavy atom. The largest absolute Gasteiger partial charge is 0.468 e. The molecule has 0 unspecified atom stereocenters. The second-order valence-electron chi connectivity index (χ2n) is 3.18. The van der Waals surface area contributed by atoms with Crippen molar-refractivity contribution in [2.24, 2.45) is 0 Å². The van der Waals surface area contributed by atoms with E-state index >= 15 is 0 Å². The lowest BCUT2D eigenvalue weighted by atomic mass is 10.4. The van der Waals surface area contributed by atoms with Gasteiger partial charge in [0.25, 0.3) is 0 Å². The molecule has 0 radical (unpaired) electrons. The summed E-state index contributed by atoms with van der Waals surface area (Å²) >= 11 is 0. The third-order valence-corrected chi connectivity index (χ3v) is 1.83. The van der Waals surface area contributed by atoms with E-state index in [0.717, 1.165) is 12.2 Å². The summed E-state index contributed by atoms with van der Waals surface area (Å²) in [5.41, 5.74) is 0.832. The van der Waals surface area contributed by atoms with Gasteiger partial charge in [0.2, 0.25) is 5.95 Å². The van der Waals surface area contributed by atoms with Gasteiger partial charge in [0.05, 0.1) is 7.11 Å². The normalized spacial score (nSPS) is 9.69. The summed E-state index contributed by atoms with van der Waals surface area (Å²) in [5, 5.41) is 5.88. The molecule has 0 amide bonds. The number of esters is 1. The van der Waals surface area contributed by atoms with Gasteiger partial charge in [-0.2, -0.15) is 4.98 Å². The highest BCUT2D eigenvalue weighted by Crippen LogP contribution is 2.08. The fourth-order valence-electron chi connectivity index (χ4n) is 1.13. The summed E-state index contributed by atoms with van der Waals surface area (Å²) in [7, 11) is 1.35. The molecule has 0 aliphatic carbocycles. The van der Waals surface area contributed by atoms with Crippen molar-refractivity contribution in [1.29, 1.82) is 0 Å². The lowest BCUT2D eigenvalue weighted by Gasteiger charge is -2.07. The zero-order valence-corrected chi connectivity index (χ0v) is 9.70. The average Bonchev–Trinajstić information content (AvgIpc) is 2.25. The Morgan fingerprint density at radius 3 is 2.81 bits per heavy atom. The molecular formula is C10H16N4O2. The van der Waals surface area contributed by atoms with Gasteiger partial charge < -0.3 is 15.4 Å². The van der Waals surface area contributed by atoms with E-state index < -0.39 is 0 Å². The van der Waals surface area contributed by atoms with Crippen molar-refractivity contribution in [2.75, 3.05) is 30.8 Å². The van der Waals surface area contributed by atoms with Crippen LogP contribution in [0.25, 0.3) is 0 Å². The van der Waals surface area contributed by atoms with Crippen LogP contribution >= 0.6 is 0 Å². The van der Waals surface area contributed by atoms with Crippen LogP contribution in [-0.2, 0) is 9.53 Å². The molecule has 0 saturated carbocycles. The number of aromatic nitrogens is 2. The van der Waals surface area contributed by atoms with Gasteiger partial charge in [-0.3, -0.25) is 4.79 Å². The van der Waals surface area contributed by atoms with E-state index in [1.165, 1.54) is 7.11 Å². The van der Waals surface area contributed by atoms with Crippen LogP contribution in [0, 0.1) is 6.92 Å². The summed E-state index contributed by atoms with van der Waals surface area (Å²) in [6.45, 7) is 4.68. The Bertz CT molecular complexity index is 368. The second-order valence-corrected chi connectivity index (χ2v) is 3.18. The summed E-state index contributed by atoms with van der Waals surface area (Å²) in [6, 6.07) is 1.77. The molecule has 0 aliphatic rings. The highest BCUT2D eigenvalue weighted by atomic mass is 16.5. The molecule has 1 aromatic rings. The molecule has 0 aromatic carbocycles. The molecule has 16 heavy (non-hydrogen) atoms. The van der Waals surface area contributed by atoms with Gasteiger partial charge in [0, 0.05) is 18.3 Å². The third-order valence-electron chi connectivity index (χ3n) is 1.83. The minimum Gasteiger partial charge on any atom is -0.468 e. The van der Waals surface area contributed by atoms with Crippen molar-refractivity contribution in [3.63, 3.8) is 0 Å². The summed E-state index contributed by atoms with van der Waals surface area (Å²) in [6.07, 6.45) is 0. The average molecular weight is 224 g/mol. The fourth-order valence-corrected chi connectivity index (χ4v) is 1.13. The van der Waals surface area contributed by atoms with E-state index in [0.29, 0.717) is 11.8 Å². The first-order valence-corrected chi connectivity index (χ1v) is 5.06. The molecule has 6 nitrogen and oxygen atoms in total. The van der Waals surface area contributed by atoms with Crippen LogP contribution < -0.4 is 10.6 Å². The van der Waals surface area contributed by atoms with Gasteiger partial charge in [-0.1, -0.05) is 0 Å². The van der Waals surface area contributed by atoms with Gasteiger partial charge in [-0.05, 0) is 13.8 Å². The molecule has 0 spiro atoms. The zero-order chi connectivity index (χ0) is 12.0. The second kappa shape index (κ2) is 5.89. The van der Waals surface area contributed by atoms with Crippen molar-refractivity contribution in [3.8, 4) is 0 Å². The van der Waals surface area contributed by atoms with Crippen LogP contribution in [0.5, 0.6) is 0 Å². The van der Waals surface area contributed by atoms with Gasteiger partial charge >= 0.3 is 5.97 Å². The molecule has 6 heteroatoms. The van der Waals surface area contributed by atoms with Gasteiger partial charge in [-0.25, -0.2) is 4.98 Å². The number of nitrogens with zero attached hydrogens (tertiary/aromatic N) is 2. The summed E-state index contributed by atoms with van der Waals surface area (Å²) < 4.78 is 4.52. The van der Waals surface area contributed by atoms with E-state index in [1.54, 1.807) is 6.07 Å². The molecule has 0 aliphatic heterocycles. The number of aryl methyl sites for hydroxylation is 1. The van der Waals surface area contributed by atoms with Crippen molar-refractivity contribution in [3.05, 3.63) is 11.8 Å². The highest BCUT2D eigenvalue weighted by molar-refractivity contribution is 5.74. The van der Waals surface area contributed by atoms with Crippen LogP contribution in [0.3, 0.4) is 0 Å². The number of anilines is 2. The number of methoxy groups -OCH3 is 1. The first-order valence-electron chi connectivity index (χ1n) is 5.06. The van der Waals surface area contributed by atoms with Crippen LogP contribution in [-0.4, -0.2) is 36.1 Å². The maximum atomic E-state index is 10.9. The number of ether oxygens (including phenoxy) is 1. The van der Waals surface area contributed by atoms with Crippen LogP contribution in [0.2, 0.25) is 0 Å². The van der Waals surface area contributed by atoms with Gasteiger partial charge in [0.15, 0.2) is 0 Å². The fraction of sp³-hybridized carbons (Fsp3) is 0.500. The van der Waals surface area contributed by atoms with Crippen molar-refractivity contribution < 1.29 is 9.53 Å². The molecular weight excluding hydrogens is 208 g/mol. The van der Waals surface area contributed by atoms with E-state index in [4.69, 9.17) is 0 Å². The van der Waals surface area contributed by atoms with Crippen molar-refractivity contribution in [1.82, 2.24) is 9.97 Å². The van der Waals surface area contributed by atoms with Crippen molar-refractivity contribution in [2.45, 2.75) is 13.8 Å². The molecule has 0 saturated heterocycles. The predicted molar refractivity (Wildman–Crippen MR) is 61.4 cm³/mol. The van der Waals surface area contributed by atoms with E-state index in [2.05, 4.69) is 25.3 Å². The zero-order valence-electron chi connectivity index (χ0n) is 9.70. The van der Waals surface area contributed by atoms with Gasteiger partial charge in [0.1, 0.15) is 12.4 Å². The molecule has 1 aromatic heterocycles. The maximum Gasteiger partial charge on any atom is 0.325 e. The first kappa shape index (κ1) is 12.2. The molecule has 0 bridgehead atoms. The molecule has 1 rings (SSSR count). The van der Waals surface area contributed by atoms with Gasteiger partial charge in [-0.15, -0.1) is 0 Å². The third kappa shape index (κ3) is 3.72. The first-order chi connectivity index (χ1) is 7.65. The lowest BCUT2D eigenvalue weighted by molar-refractivity contribution is -0.138. The Kier molecular flexibility index (Phi) is 4.50. The lowest BCUT2D eigenvalue weighted by Crippen LogP contribution is -2.16. The number of rotatable bonds is 5. The number of carbonyl (C=O) groups is 1. The molecule has 0 atom stereocenters. The quantitative estimate of drug-likeness (QED) is 0.720. The standard InChI is InChI=1S/C10H16N4O2/c1-4-11-10-13-7(2)5-8(14-10)12-6-9(15)16-3/h5H,4,6H2,1-3H3,(H2,11,12,13,14). The summed E-state index contributed by atoms with van der Waals surface area (Å²) in [4.78, 5) is 19.3. The topological polar surface area (TPSA) is 76.1 Å². The highest BCUT2D eigenvalue weighted by Gasteiger charge is 2.03. The number of hydrogen-bond donors (Lipinski definition) is 2. The monoisotopic (exact) mass is 224 g/mol. The number of hydrogen-bond acceptors (Lipinski definition) is 6. The predicted octanol–water partition coefficient (Wildman–Crippen LogP) is 0.802. The molecule has 0 fully saturated rings. The molecule has 1 heterocycles. The molecule has 2 N–H and O–H groups in total. The molecule has 88 valence electrons. The Balaban J connectivity index is 2.68. The number of nitrogens with one attached hydrogen (secondary N) is 2. The van der Waals surface area contributed by atoms with Crippen LogP contribution in [0.15, 0.2) is 6.07 Å². The smallest absolute Gasteiger partial charge is 0.325 e. The van der Waals surface area contributed by atoms with Crippen LogP contribution in [0.1, 0.15) is 12.6 Å². The minimum absolute atomic E-state index is 0.0958. The van der Waals surface area contributed by atoms with Crippen LogP contribution in [0.4, 0.5) is 11.8 Å². The Labute approximate surface area is 94.4 Å². The van der Waals surface area contributed by atoms with E-state index in [-0.39, 0.29) is 12.5 Å². The van der Waals surface area contributed by atoms with E-state index in [9.17, 15) is 4.79 Å². The van der Waals surface area contributed by atoms with Crippen molar-refractivity contribution >= 4 is 17.7 Å². The Hall–Kier alpha value is -1.85. The minimum atomic E-state index is -0.332. The Morgan fingerprint density at radius 2 is 2.19 bits per heavy atom. The number of carbonyl (C=O) groups excluding carboxylic acids is 1. The van der Waals surface area contributed by atoms with E-state index in [1.807, 2.05) is 13.8 Å².